The van der Waals surface area contributed by atoms with Crippen molar-refractivity contribution in [1.82, 2.24) is 0 Å². The molecule has 0 atom stereocenters. The highest BCUT2D eigenvalue weighted by Gasteiger charge is 2.11. The minimum atomic E-state index is -0.573. The fourth-order valence-electron chi connectivity index (χ4n) is 2.17. The highest BCUT2D eigenvalue weighted by atomic mass is 19.1. The maximum absolute atomic E-state index is 13.4. The number of fused-ring (bicyclic) bond motifs is 1. The number of nitrogen functional groups attached to an aromatic ring is 1. The number of benzene rings is 3. The van der Waals surface area contributed by atoms with Crippen molar-refractivity contribution >= 4 is 22.2 Å². The number of rotatable bonds is 2. The Balaban J connectivity index is 2.05. The third-order valence-corrected chi connectivity index (χ3v) is 3.27. The van der Waals surface area contributed by atoms with Gasteiger partial charge in [-0.25, -0.2) is 4.39 Å². The first-order valence-electron chi connectivity index (χ1n) is 6.24. The number of anilines is 1. The summed E-state index contributed by atoms with van der Waals surface area (Å²) in [7, 11) is 0. The van der Waals surface area contributed by atoms with Crippen LogP contribution in [0.25, 0.3) is 10.8 Å². The van der Waals surface area contributed by atoms with E-state index >= 15 is 0 Å². The fraction of sp³-hybridized carbons (Fsp3) is 0. The van der Waals surface area contributed by atoms with Gasteiger partial charge in [-0.05, 0) is 35.0 Å². The van der Waals surface area contributed by atoms with E-state index in [4.69, 9.17) is 5.73 Å². The minimum Gasteiger partial charge on any atom is -0.396 e. The highest BCUT2D eigenvalue weighted by Crippen LogP contribution is 2.20. The Hall–Kier alpha value is -2.68. The zero-order valence-corrected chi connectivity index (χ0v) is 10.6. The van der Waals surface area contributed by atoms with Crippen LogP contribution < -0.4 is 5.73 Å². The zero-order chi connectivity index (χ0) is 14.1. The Kier molecular flexibility index (Phi) is 2.95. The van der Waals surface area contributed by atoms with E-state index in [0.29, 0.717) is 11.1 Å². The Bertz CT molecular complexity index is 811. The molecule has 0 radical (unpaired) electrons. The molecule has 0 amide bonds. The van der Waals surface area contributed by atoms with Crippen molar-refractivity contribution in [3.05, 3.63) is 77.6 Å². The molecule has 0 saturated heterocycles. The molecule has 0 aliphatic carbocycles. The predicted octanol–water partition coefficient (Wildman–Crippen LogP) is 3.79. The molecule has 0 fully saturated rings. The first-order chi connectivity index (χ1) is 9.65. The summed E-state index contributed by atoms with van der Waals surface area (Å²) in [4.78, 5) is 12.3. The molecule has 0 saturated carbocycles. The number of halogens is 1. The van der Waals surface area contributed by atoms with Gasteiger partial charge in [0, 0.05) is 11.1 Å². The van der Waals surface area contributed by atoms with Gasteiger partial charge in [0.25, 0.3) is 0 Å². The molecule has 0 aliphatic heterocycles. The number of carbonyl (C=O) groups is 1. The molecule has 20 heavy (non-hydrogen) atoms. The van der Waals surface area contributed by atoms with Gasteiger partial charge in [-0.2, -0.15) is 0 Å². The van der Waals surface area contributed by atoms with Crippen molar-refractivity contribution in [2.45, 2.75) is 0 Å². The summed E-state index contributed by atoms with van der Waals surface area (Å²) in [6, 6.07) is 17.3. The number of carbonyl (C=O) groups excluding carboxylic acids is 1. The second kappa shape index (κ2) is 4.78. The van der Waals surface area contributed by atoms with Crippen LogP contribution in [0.2, 0.25) is 0 Å². The summed E-state index contributed by atoms with van der Waals surface area (Å²) < 4.78 is 13.4. The van der Waals surface area contributed by atoms with Crippen molar-refractivity contribution in [3.63, 3.8) is 0 Å². The summed E-state index contributed by atoms with van der Waals surface area (Å²) in [6.07, 6.45) is 0. The molecule has 2 nitrogen and oxygen atoms in total. The van der Waals surface area contributed by atoms with E-state index in [1.165, 1.54) is 18.2 Å². The summed E-state index contributed by atoms with van der Waals surface area (Å²) in [5.74, 6) is -0.786. The predicted molar refractivity (Wildman–Crippen MR) is 78.2 cm³/mol. The molecule has 0 aromatic heterocycles. The standard InChI is InChI=1S/C17H12FNO/c18-15-10-14(7-8-16(15)19)17(20)13-6-5-11-3-1-2-4-12(11)9-13/h1-10H,19H2. The van der Waals surface area contributed by atoms with Crippen LogP contribution in [0.1, 0.15) is 15.9 Å². The van der Waals surface area contributed by atoms with Crippen LogP contribution in [0, 0.1) is 5.82 Å². The maximum atomic E-state index is 13.4. The third-order valence-electron chi connectivity index (χ3n) is 3.27. The Morgan fingerprint density at radius 3 is 2.25 bits per heavy atom. The van der Waals surface area contributed by atoms with Crippen molar-refractivity contribution in [2.75, 3.05) is 5.73 Å². The molecule has 3 heteroatoms. The average molecular weight is 265 g/mol. The number of hydrogen-bond acceptors (Lipinski definition) is 2. The molecule has 0 bridgehead atoms. The monoisotopic (exact) mass is 265 g/mol. The largest absolute Gasteiger partial charge is 0.396 e. The van der Waals surface area contributed by atoms with E-state index < -0.39 is 5.82 Å². The lowest BCUT2D eigenvalue weighted by Crippen LogP contribution is -2.03. The average Bonchev–Trinajstić information content (AvgIpc) is 2.49. The van der Waals surface area contributed by atoms with E-state index in [9.17, 15) is 9.18 Å². The van der Waals surface area contributed by atoms with Gasteiger partial charge in [-0.1, -0.05) is 36.4 Å². The summed E-state index contributed by atoms with van der Waals surface area (Å²) in [6.45, 7) is 0. The smallest absolute Gasteiger partial charge is 0.193 e. The topological polar surface area (TPSA) is 43.1 Å². The number of nitrogens with two attached hydrogens (primary N) is 1. The fourth-order valence-corrected chi connectivity index (χ4v) is 2.17. The number of ketones is 1. The van der Waals surface area contributed by atoms with E-state index in [1.54, 1.807) is 6.07 Å². The number of hydrogen-bond donors (Lipinski definition) is 1. The maximum Gasteiger partial charge on any atom is 0.193 e. The van der Waals surface area contributed by atoms with Gasteiger partial charge in [0.05, 0.1) is 5.69 Å². The lowest BCUT2D eigenvalue weighted by molar-refractivity contribution is 0.103. The van der Waals surface area contributed by atoms with Crippen LogP contribution >= 0.6 is 0 Å². The molecule has 2 N–H and O–H groups in total. The molecule has 3 aromatic rings. The molecule has 98 valence electrons. The van der Waals surface area contributed by atoms with Crippen LogP contribution in [0.4, 0.5) is 10.1 Å². The van der Waals surface area contributed by atoms with Crippen molar-refractivity contribution in [1.29, 1.82) is 0 Å². The van der Waals surface area contributed by atoms with Gasteiger partial charge in [-0.3, -0.25) is 4.79 Å². The summed E-state index contributed by atoms with van der Waals surface area (Å²) in [5.41, 5.74) is 6.29. The molecule has 0 spiro atoms. The van der Waals surface area contributed by atoms with Crippen LogP contribution in [-0.4, -0.2) is 5.78 Å². The van der Waals surface area contributed by atoms with E-state index in [2.05, 4.69) is 0 Å². The van der Waals surface area contributed by atoms with Crippen molar-refractivity contribution < 1.29 is 9.18 Å². The van der Waals surface area contributed by atoms with Gasteiger partial charge >= 0.3 is 0 Å². The van der Waals surface area contributed by atoms with Crippen molar-refractivity contribution in [2.24, 2.45) is 0 Å². The lowest BCUT2D eigenvalue weighted by atomic mass is 10.00. The first-order valence-corrected chi connectivity index (χ1v) is 6.24. The van der Waals surface area contributed by atoms with Gasteiger partial charge in [0.15, 0.2) is 5.78 Å². The van der Waals surface area contributed by atoms with Gasteiger partial charge < -0.3 is 5.73 Å². The molecule has 0 heterocycles. The normalized spacial score (nSPS) is 10.7. The molecule has 0 aliphatic rings. The van der Waals surface area contributed by atoms with Gasteiger partial charge in [0.2, 0.25) is 0 Å². The molecule has 0 unspecified atom stereocenters. The highest BCUT2D eigenvalue weighted by molar-refractivity contribution is 6.10. The second-order valence-corrected chi connectivity index (χ2v) is 4.63. The van der Waals surface area contributed by atoms with Crippen LogP contribution in [-0.2, 0) is 0 Å². The van der Waals surface area contributed by atoms with E-state index in [-0.39, 0.29) is 11.5 Å². The summed E-state index contributed by atoms with van der Waals surface area (Å²) >= 11 is 0. The first kappa shape index (κ1) is 12.4. The van der Waals surface area contributed by atoms with Crippen molar-refractivity contribution in [3.8, 4) is 0 Å². The molecule has 3 aromatic carbocycles. The minimum absolute atomic E-state index is 0.0417. The molecular weight excluding hydrogens is 253 g/mol. The Morgan fingerprint density at radius 1 is 0.850 bits per heavy atom. The Labute approximate surface area is 115 Å². The Morgan fingerprint density at radius 2 is 1.50 bits per heavy atom. The van der Waals surface area contributed by atoms with Crippen LogP contribution in [0.5, 0.6) is 0 Å². The molecular formula is C17H12FNO. The third kappa shape index (κ3) is 2.14. The summed E-state index contributed by atoms with van der Waals surface area (Å²) in [5, 5.41) is 2.04. The SMILES string of the molecule is Nc1ccc(C(=O)c2ccc3ccccc3c2)cc1F. The lowest BCUT2D eigenvalue weighted by Gasteiger charge is -2.05. The quantitative estimate of drug-likeness (QED) is 0.566. The van der Waals surface area contributed by atoms with Crippen LogP contribution in [0.3, 0.4) is 0 Å². The van der Waals surface area contributed by atoms with Gasteiger partial charge in [0.1, 0.15) is 5.82 Å². The van der Waals surface area contributed by atoms with E-state index in [0.717, 1.165) is 10.8 Å². The molecule has 3 rings (SSSR count). The van der Waals surface area contributed by atoms with Crippen LogP contribution in [0.15, 0.2) is 60.7 Å². The van der Waals surface area contributed by atoms with Gasteiger partial charge in [-0.15, -0.1) is 0 Å². The second-order valence-electron chi connectivity index (χ2n) is 4.63. The van der Waals surface area contributed by atoms with E-state index in [1.807, 2.05) is 36.4 Å². The zero-order valence-electron chi connectivity index (χ0n) is 10.6.